The van der Waals surface area contributed by atoms with E-state index in [4.69, 9.17) is 9.88 Å². The smallest absolute Gasteiger partial charge is 0.242 e. The van der Waals surface area contributed by atoms with Crippen LogP contribution in [0.15, 0.2) is 23.1 Å². The summed E-state index contributed by atoms with van der Waals surface area (Å²) in [5.74, 6) is 0.0292. The van der Waals surface area contributed by atoms with Crippen LogP contribution in [0.3, 0.4) is 0 Å². The summed E-state index contributed by atoms with van der Waals surface area (Å²) < 4.78 is 28.4. The second kappa shape index (κ2) is 9.18. The molecule has 3 N–H and O–H groups in total. The number of nitrogens with zero attached hydrogens (tertiary/aromatic N) is 1. The lowest BCUT2D eigenvalue weighted by Gasteiger charge is -2.24. The first-order valence-corrected chi connectivity index (χ1v) is 10.6. The molecule has 0 spiro atoms. The minimum atomic E-state index is -3.90. The van der Waals surface area contributed by atoms with Crippen LogP contribution in [0.2, 0.25) is 0 Å². The number of hydrogen-bond acceptors (Lipinski definition) is 5. The van der Waals surface area contributed by atoms with Gasteiger partial charge in [0.1, 0.15) is 16.7 Å². The molecular weight excluding hydrogens is 370 g/mol. The molecule has 1 aromatic rings. The molecule has 1 saturated heterocycles. The molecule has 0 saturated carbocycles. The highest BCUT2D eigenvalue weighted by Gasteiger charge is 2.33. The molecule has 27 heavy (non-hydrogen) atoms. The van der Waals surface area contributed by atoms with Gasteiger partial charge >= 0.3 is 0 Å². The Bertz CT molecular complexity index is 794. The van der Waals surface area contributed by atoms with Gasteiger partial charge in [-0.05, 0) is 43.4 Å². The van der Waals surface area contributed by atoms with Gasteiger partial charge in [-0.1, -0.05) is 13.0 Å². The summed E-state index contributed by atoms with van der Waals surface area (Å²) in [7, 11) is -2.53. The van der Waals surface area contributed by atoms with E-state index in [-0.39, 0.29) is 22.5 Å². The van der Waals surface area contributed by atoms with E-state index in [9.17, 15) is 18.0 Å². The van der Waals surface area contributed by atoms with Crippen LogP contribution >= 0.6 is 0 Å². The number of benzene rings is 1. The number of carbonyl (C=O) groups is 2. The summed E-state index contributed by atoms with van der Waals surface area (Å²) in [6, 6.07) is 4.30. The molecule has 0 radical (unpaired) electrons. The zero-order valence-electron chi connectivity index (χ0n) is 15.7. The van der Waals surface area contributed by atoms with Crippen molar-refractivity contribution in [1.29, 1.82) is 0 Å². The Hall–Kier alpha value is -2.13. The van der Waals surface area contributed by atoms with Crippen molar-refractivity contribution in [2.75, 3.05) is 20.2 Å². The van der Waals surface area contributed by atoms with Crippen molar-refractivity contribution in [2.24, 2.45) is 5.14 Å². The normalized spacial score (nSPS) is 17.0. The molecule has 0 bridgehead atoms. The van der Waals surface area contributed by atoms with Gasteiger partial charge in [0.15, 0.2) is 0 Å². The second-order valence-corrected chi connectivity index (χ2v) is 8.10. The van der Waals surface area contributed by atoms with Crippen molar-refractivity contribution in [3.63, 3.8) is 0 Å². The van der Waals surface area contributed by atoms with Crippen LogP contribution in [0.1, 0.15) is 38.2 Å². The monoisotopic (exact) mass is 397 g/mol. The molecule has 1 aliphatic rings. The summed E-state index contributed by atoms with van der Waals surface area (Å²) >= 11 is 0. The van der Waals surface area contributed by atoms with Gasteiger partial charge in [0, 0.05) is 19.5 Å². The van der Waals surface area contributed by atoms with Gasteiger partial charge in [-0.2, -0.15) is 0 Å². The van der Waals surface area contributed by atoms with Crippen LogP contribution in [0, 0.1) is 0 Å². The number of nitrogens with one attached hydrogen (secondary N) is 1. The molecule has 2 amide bonds. The van der Waals surface area contributed by atoms with Gasteiger partial charge in [-0.25, -0.2) is 13.6 Å². The van der Waals surface area contributed by atoms with E-state index in [2.05, 4.69) is 5.32 Å². The Kier molecular flexibility index (Phi) is 7.20. The van der Waals surface area contributed by atoms with Crippen molar-refractivity contribution < 1.29 is 22.7 Å². The number of likely N-dealkylation sites (tertiary alicyclic amines) is 1. The van der Waals surface area contributed by atoms with Crippen LogP contribution in [0.4, 0.5) is 0 Å². The van der Waals surface area contributed by atoms with Gasteiger partial charge in [0.2, 0.25) is 21.8 Å². The third-order valence-corrected chi connectivity index (χ3v) is 5.52. The van der Waals surface area contributed by atoms with Crippen LogP contribution in [0.25, 0.3) is 0 Å². The highest BCUT2D eigenvalue weighted by atomic mass is 32.2. The molecule has 1 fully saturated rings. The average molecular weight is 397 g/mol. The summed E-state index contributed by atoms with van der Waals surface area (Å²) in [6.07, 6.45) is 3.14. The number of primary sulfonamides is 1. The standard InChI is InChI=1S/C18H27N3O5S/c1-3-5-17(22)21-11-4-6-14(21)18(23)20-10-9-13-7-8-15(26-2)16(12-13)27(19,24)25/h7-8,12,14H,3-6,9-11H2,1-2H3,(H,20,23)(H2,19,24,25)/t14-/m1/s1. The molecule has 1 aromatic carbocycles. The number of hydrogen-bond donors (Lipinski definition) is 2. The summed E-state index contributed by atoms with van der Waals surface area (Å²) in [5, 5.41) is 8.06. The Balaban J connectivity index is 1.96. The van der Waals surface area contributed by atoms with Gasteiger partial charge in [0.05, 0.1) is 7.11 Å². The second-order valence-electron chi connectivity index (χ2n) is 6.57. The SMILES string of the molecule is CCCC(=O)N1CCC[C@@H]1C(=O)NCCc1ccc(OC)c(S(N)(=O)=O)c1. The predicted octanol–water partition coefficient (Wildman–Crippen LogP) is 0.792. The third kappa shape index (κ3) is 5.43. The molecule has 8 nitrogen and oxygen atoms in total. The zero-order chi connectivity index (χ0) is 20.0. The molecule has 2 rings (SSSR count). The lowest BCUT2D eigenvalue weighted by atomic mass is 10.1. The fraction of sp³-hybridized carbons (Fsp3) is 0.556. The molecule has 0 unspecified atom stereocenters. The fourth-order valence-corrected chi connectivity index (χ4v) is 3.99. The Labute approximate surface area is 160 Å². The van der Waals surface area contributed by atoms with Crippen molar-refractivity contribution in [2.45, 2.75) is 50.0 Å². The molecule has 1 aliphatic heterocycles. The molecular formula is C18H27N3O5S. The van der Waals surface area contributed by atoms with E-state index in [0.717, 1.165) is 12.8 Å². The van der Waals surface area contributed by atoms with Crippen LogP contribution < -0.4 is 15.2 Å². The zero-order valence-corrected chi connectivity index (χ0v) is 16.5. The topological polar surface area (TPSA) is 119 Å². The summed E-state index contributed by atoms with van der Waals surface area (Å²) in [6.45, 7) is 2.89. The summed E-state index contributed by atoms with van der Waals surface area (Å²) in [5.41, 5.74) is 0.713. The van der Waals surface area contributed by atoms with Crippen molar-refractivity contribution in [3.8, 4) is 5.75 Å². The molecule has 150 valence electrons. The highest BCUT2D eigenvalue weighted by molar-refractivity contribution is 7.89. The highest BCUT2D eigenvalue weighted by Crippen LogP contribution is 2.24. The molecule has 1 atom stereocenters. The molecule has 0 aliphatic carbocycles. The number of methoxy groups -OCH3 is 1. The number of carbonyl (C=O) groups excluding carboxylic acids is 2. The Morgan fingerprint density at radius 3 is 2.74 bits per heavy atom. The fourth-order valence-electron chi connectivity index (χ4n) is 3.24. The van der Waals surface area contributed by atoms with E-state index < -0.39 is 16.1 Å². The van der Waals surface area contributed by atoms with Crippen LogP contribution in [-0.4, -0.2) is 51.4 Å². The Morgan fingerprint density at radius 2 is 2.11 bits per heavy atom. The van der Waals surface area contributed by atoms with E-state index in [1.165, 1.54) is 13.2 Å². The maximum Gasteiger partial charge on any atom is 0.242 e. The number of sulfonamides is 1. The van der Waals surface area contributed by atoms with E-state index in [1.54, 1.807) is 17.0 Å². The average Bonchev–Trinajstić information content (AvgIpc) is 3.11. The van der Waals surface area contributed by atoms with Gasteiger partial charge in [0.25, 0.3) is 0 Å². The first-order valence-electron chi connectivity index (χ1n) is 9.04. The largest absolute Gasteiger partial charge is 0.495 e. The van der Waals surface area contributed by atoms with Crippen LogP contribution in [-0.2, 0) is 26.0 Å². The predicted molar refractivity (Wildman–Crippen MR) is 101 cm³/mol. The van der Waals surface area contributed by atoms with Gasteiger partial charge in [-0.3, -0.25) is 9.59 Å². The maximum absolute atomic E-state index is 12.4. The van der Waals surface area contributed by atoms with Crippen LogP contribution in [0.5, 0.6) is 5.75 Å². The van der Waals surface area contributed by atoms with Crippen molar-refractivity contribution >= 4 is 21.8 Å². The number of nitrogens with two attached hydrogens (primary N) is 1. The Morgan fingerprint density at radius 1 is 1.37 bits per heavy atom. The lowest BCUT2D eigenvalue weighted by molar-refractivity contribution is -0.138. The minimum Gasteiger partial charge on any atom is -0.495 e. The van der Waals surface area contributed by atoms with E-state index >= 15 is 0 Å². The lowest BCUT2D eigenvalue weighted by Crippen LogP contribution is -2.46. The number of rotatable bonds is 8. The van der Waals surface area contributed by atoms with E-state index in [0.29, 0.717) is 37.9 Å². The van der Waals surface area contributed by atoms with E-state index in [1.807, 2.05) is 6.92 Å². The molecule has 9 heteroatoms. The first kappa shape index (κ1) is 21.2. The quantitative estimate of drug-likeness (QED) is 0.672. The van der Waals surface area contributed by atoms with Crippen molar-refractivity contribution in [1.82, 2.24) is 10.2 Å². The molecule has 1 heterocycles. The van der Waals surface area contributed by atoms with Gasteiger partial charge < -0.3 is 15.0 Å². The minimum absolute atomic E-state index is 0.0168. The number of ether oxygens (including phenoxy) is 1. The molecule has 0 aromatic heterocycles. The van der Waals surface area contributed by atoms with Crippen molar-refractivity contribution in [3.05, 3.63) is 23.8 Å². The maximum atomic E-state index is 12.4. The third-order valence-electron chi connectivity index (χ3n) is 4.59. The first-order chi connectivity index (χ1) is 12.8. The number of amides is 2. The van der Waals surface area contributed by atoms with Gasteiger partial charge in [-0.15, -0.1) is 0 Å². The summed E-state index contributed by atoms with van der Waals surface area (Å²) in [4.78, 5) is 26.1.